The number of anilines is 1. The summed E-state index contributed by atoms with van der Waals surface area (Å²) in [6.07, 6.45) is -5.81. The Bertz CT molecular complexity index is 531. The molecule has 2 N–H and O–H groups in total. The first kappa shape index (κ1) is 18.5. The van der Waals surface area contributed by atoms with Gasteiger partial charge >= 0.3 is 6.18 Å². The summed E-state index contributed by atoms with van der Waals surface area (Å²) in [4.78, 5) is 11.1. The lowest BCUT2D eigenvalue weighted by Crippen LogP contribution is -2.48. The molecule has 0 spiro atoms. The molecule has 0 aliphatic carbocycles. The Balaban J connectivity index is 3.11. The Hall–Kier alpha value is -0.560. The van der Waals surface area contributed by atoms with Crippen LogP contribution in [0.1, 0.15) is 12.5 Å². The molecule has 0 aliphatic heterocycles. The summed E-state index contributed by atoms with van der Waals surface area (Å²) in [6.45, 7) is 1.17. The van der Waals surface area contributed by atoms with Crippen molar-refractivity contribution in [1.82, 2.24) is 5.32 Å². The summed E-state index contributed by atoms with van der Waals surface area (Å²) in [5.74, 6) is -0.540. The largest absolute Gasteiger partial charge is 0.416 e. The lowest BCUT2D eigenvalue weighted by Gasteiger charge is -2.27. The summed E-state index contributed by atoms with van der Waals surface area (Å²) >= 11 is 22.8. The predicted octanol–water partition coefficient (Wildman–Crippen LogP) is 4.60. The van der Waals surface area contributed by atoms with Gasteiger partial charge in [-0.2, -0.15) is 13.2 Å². The summed E-state index contributed by atoms with van der Waals surface area (Å²) in [6, 6.07) is 2.62. The van der Waals surface area contributed by atoms with Crippen LogP contribution < -0.4 is 10.6 Å². The molecule has 0 bridgehead atoms. The van der Waals surface area contributed by atoms with Crippen molar-refractivity contribution in [2.45, 2.75) is 23.1 Å². The van der Waals surface area contributed by atoms with Gasteiger partial charge in [-0.05, 0) is 18.2 Å². The van der Waals surface area contributed by atoms with Crippen LogP contribution in [0, 0.1) is 0 Å². The second-order valence-electron chi connectivity index (χ2n) is 4.01. The molecule has 1 atom stereocenters. The number of halogens is 7. The monoisotopic (exact) mass is 382 g/mol. The quantitative estimate of drug-likeness (QED) is 0.591. The summed E-state index contributed by atoms with van der Waals surface area (Å²) in [5.41, 5.74) is -1.06. The molecule has 1 aromatic carbocycles. The smallest absolute Gasteiger partial charge is 0.361 e. The van der Waals surface area contributed by atoms with E-state index in [9.17, 15) is 18.0 Å². The molecule has 1 amide bonds. The van der Waals surface area contributed by atoms with Crippen molar-refractivity contribution in [1.29, 1.82) is 0 Å². The second-order valence-corrected chi connectivity index (χ2v) is 6.79. The maximum Gasteiger partial charge on any atom is 0.416 e. The highest BCUT2D eigenvalue weighted by atomic mass is 35.6. The third-order valence-electron chi connectivity index (χ3n) is 2.27. The number of benzene rings is 1. The van der Waals surface area contributed by atoms with E-state index in [0.29, 0.717) is 0 Å². The van der Waals surface area contributed by atoms with Crippen LogP contribution in [-0.2, 0) is 11.0 Å². The van der Waals surface area contributed by atoms with Gasteiger partial charge in [-0.1, -0.05) is 46.4 Å². The molecule has 0 saturated carbocycles. The number of hydrogen-bond acceptors (Lipinski definition) is 2. The lowest BCUT2D eigenvalue weighted by atomic mass is 10.2. The zero-order valence-corrected chi connectivity index (χ0v) is 13.4. The molecule has 21 heavy (non-hydrogen) atoms. The molecule has 0 unspecified atom stereocenters. The van der Waals surface area contributed by atoms with Crippen LogP contribution in [0.2, 0.25) is 5.02 Å². The summed E-state index contributed by atoms with van der Waals surface area (Å²) < 4.78 is 36.0. The molecular formula is C11H9Cl4F3N2O. The molecule has 118 valence electrons. The molecule has 0 saturated heterocycles. The van der Waals surface area contributed by atoms with Gasteiger partial charge in [0.2, 0.25) is 9.70 Å². The number of nitrogens with one attached hydrogen (secondary N) is 2. The van der Waals surface area contributed by atoms with Gasteiger partial charge in [0, 0.05) is 6.92 Å². The van der Waals surface area contributed by atoms with E-state index in [2.05, 4.69) is 10.6 Å². The first-order chi connectivity index (χ1) is 9.41. The molecule has 0 fully saturated rings. The van der Waals surface area contributed by atoms with Gasteiger partial charge in [0.15, 0.2) is 0 Å². The van der Waals surface area contributed by atoms with E-state index in [1.165, 1.54) is 6.92 Å². The van der Waals surface area contributed by atoms with E-state index in [0.717, 1.165) is 18.2 Å². The van der Waals surface area contributed by atoms with E-state index >= 15 is 0 Å². The van der Waals surface area contributed by atoms with Crippen molar-refractivity contribution in [2.75, 3.05) is 5.32 Å². The van der Waals surface area contributed by atoms with Crippen LogP contribution >= 0.6 is 46.4 Å². The zero-order valence-electron chi connectivity index (χ0n) is 10.4. The second kappa shape index (κ2) is 6.69. The molecule has 0 aromatic heterocycles. The number of carbonyl (C=O) groups is 1. The molecule has 10 heteroatoms. The van der Waals surface area contributed by atoms with Gasteiger partial charge < -0.3 is 10.6 Å². The number of alkyl halides is 6. The fourth-order valence-electron chi connectivity index (χ4n) is 1.37. The minimum absolute atomic E-state index is 0.0207. The summed E-state index contributed by atoms with van der Waals surface area (Å²) in [5, 5.41) is 4.72. The Morgan fingerprint density at radius 1 is 1.24 bits per heavy atom. The van der Waals surface area contributed by atoms with Gasteiger partial charge in [-0.3, -0.25) is 4.79 Å². The van der Waals surface area contributed by atoms with Gasteiger partial charge in [-0.25, -0.2) is 0 Å². The van der Waals surface area contributed by atoms with E-state index in [1.807, 2.05) is 0 Å². The van der Waals surface area contributed by atoms with Gasteiger partial charge in [0.25, 0.3) is 0 Å². The van der Waals surface area contributed by atoms with Crippen molar-refractivity contribution < 1.29 is 18.0 Å². The van der Waals surface area contributed by atoms with Crippen molar-refractivity contribution in [3.8, 4) is 0 Å². The van der Waals surface area contributed by atoms with Crippen molar-refractivity contribution in [3.05, 3.63) is 28.8 Å². The molecular weight excluding hydrogens is 375 g/mol. The highest BCUT2D eigenvalue weighted by molar-refractivity contribution is 6.68. The van der Waals surface area contributed by atoms with Crippen LogP contribution in [0.25, 0.3) is 0 Å². The Morgan fingerprint density at radius 3 is 2.24 bits per heavy atom. The number of hydrogen-bond donors (Lipinski definition) is 2. The Kier molecular flexibility index (Phi) is 5.89. The fourth-order valence-corrected chi connectivity index (χ4v) is 1.87. The topological polar surface area (TPSA) is 41.1 Å². The highest BCUT2D eigenvalue weighted by Crippen LogP contribution is 2.36. The molecule has 0 heterocycles. The minimum atomic E-state index is -4.55. The average Bonchev–Trinajstić information content (AvgIpc) is 2.27. The Morgan fingerprint density at radius 2 is 1.81 bits per heavy atom. The average molecular weight is 384 g/mol. The zero-order chi connectivity index (χ0) is 16.4. The van der Waals surface area contributed by atoms with Crippen LogP contribution in [0.15, 0.2) is 18.2 Å². The normalized spacial score (nSPS) is 13.7. The number of amides is 1. The predicted molar refractivity (Wildman–Crippen MR) is 78.0 cm³/mol. The van der Waals surface area contributed by atoms with Crippen LogP contribution in [0.4, 0.5) is 18.9 Å². The third-order valence-corrected chi connectivity index (χ3v) is 3.25. The van der Waals surface area contributed by atoms with E-state index in [-0.39, 0.29) is 10.7 Å². The summed E-state index contributed by atoms with van der Waals surface area (Å²) in [7, 11) is 0. The molecule has 0 aliphatic rings. The van der Waals surface area contributed by atoms with Gasteiger partial charge in [-0.15, -0.1) is 0 Å². The third kappa shape index (κ3) is 5.62. The lowest BCUT2D eigenvalue weighted by molar-refractivity contribution is -0.137. The molecule has 3 nitrogen and oxygen atoms in total. The van der Waals surface area contributed by atoms with E-state index < -0.39 is 27.6 Å². The first-order valence-electron chi connectivity index (χ1n) is 5.38. The van der Waals surface area contributed by atoms with E-state index in [1.54, 1.807) is 0 Å². The van der Waals surface area contributed by atoms with Crippen LogP contribution in [0.5, 0.6) is 0 Å². The molecule has 1 aromatic rings. The highest BCUT2D eigenvalue weighted by Gasteiger charge is 2.35. The minimum Gasteiger partial charge on any atom is -0.361 e. The molecule has 1 rings (SSSR count). The molecule has 0 radical (unpaired) electrons. The van der Waals surface area contributed by atoms with Gasteiger partial charge in [0.1, 0.15) is 6.17 Å². The van der Waals surface area contributed by atoms with Crippen LogP contribution in [0.3, 0.4) is 0 Å². The van der Waals surface area contributed by atoms with Crippen molar-refractivity contribution in [3.63, 3.8) is 0 Å². The SMILES string of the molecule is CC(=O)N[C@@H](Nc1cc(C(F)(F)F)ccc1Cl)C(Cl)(Cl)Cl. The maximum atomic E-state index is 12.7. The first-order valence-corrected chi connectivity index (χ1v) is 6.89. The van der Waals surface area contributed by atoms with Crippen molar-refractivity contribution >= 4 is 58.0 Å². The fraction of sp³-hybridized carbons (Fsp3) is 0.364. The number of carbonyl (C=O) groups excluding carboxylic acids is 1. The Labute approximate surface area is 138 Å². The number of rotatable bonds is 3. The van der Waals surface area contributed by atoms with Crippen molar-refractivity contribution in [2.24, 2.45) is 0 Å². The van der Waals surface area contributed by atoms with Gasteiger partial charge in [0.05, 0.1) is 16.3 Å². The standard InChI is InChI=1S/C11H9Cl4F3N2O/c1-5(21)19-9(10(13,14)15)20-8-4-6(11(16,17)18)2-3-7(8)12/h2-4,9,20H,1H3,(H,19,21)/t9-/m0/s1. The van der Waals surface area contributed by atoms with E-state index in [4.69, 9.17) is 46.4 Å². The van der Waals surface area contributed by atoms with Crippen LogP contribution in [-0.4, -0.2) is 15.9 Å². The maximum absolute atomic E-state index is 12.7.